The van der Waals surface area contributed by atoms with Crippen LogP contribution in [0.2, 0.25) is 0 Å². The van der Waals surface area contributed by atoms with Gasteiger partial charge in [-0.15, -0.1) is 0 Å². The number of amides is 1. The zero-order chi connectivity index (χ0) is 15.6. The number of rotatable bonds is 5. The Labute approximate surface area is 130 Å². The Balaban J connectivity index is 2.24. The van der Waals surface area contributed by atoms with Crippen LogP contribution in [0.1, 0.15) is 42.1 Å². The van der Waals surface area contributed by atoms with Gasteiger partial charge in [-0.2, -0.15) is 0 Å². The number of benzene rings is 1. The van der Waals surface area contributed by atoms with Crippen molar-refractivity contribution < 1.29 is 13.2 Å². The highest BCUT2D eigenvalue weighted by Crippen LogP contribution is 2.28. The molecule has 0 N–H and O–H groups in total. The summed E-state index contributed by atoms with van der Waals surface area (Å²) in [6.07, 6.45) is 4.10. The molecule has 116 valence electrons. The topological polar surface area (TPSA) is 54.5 Å². The Kier molecular flexibility index (Phi) is 4.94. The molecule has 0 atom stereocenters. The van der Waals surface area contributed by atoms with Crippen LogP contribution in [0.3, 0.4) is 0 Å². The summed E-state index contributed by atoms with van der Waals surface area (Å²) in [4.78, 5) is 14.1. The highest BCUT2D eigenvalue weighted by atomic mass is 35.7. The van der Waals surface area contributed by atoms with Crippen LogP contribution in [0.15, 0.2) is 23.1 Å². The molecular weight excluding hydrogens is 310 g/mol. The van der Waals surface area contributed by atoms with Crippen molar-refractivity contribution in [2.45, 2.75) is 37.5 Å². The van der Waals surface area contributed by atoms with E-state index in [1.807, 2.05) is 6.92 Å². The SMILES string of the molecule is CCc1ccc(C(=O)N(C)CC2CCC2)cc1S(=O)(=O)Cl. The van der Waals surface area contributed by atoms with E-state index in [-0.39, 0.29) is 10.8 Å². The van der Waals surface area contributed by atoms with Crippen LogP contribution in [0.4, 0.5) is 0 Å². The summed E-state index contributed by atoms with van der Waals surface area (Å²) < 4.78 is 23.3. The number of carbonyl (C=O) groups is 1. The summed E-state index contributed by atoms with van der Waals surface area (Å²) in [5.74, 6) is 0.413. The van der Waals surface area contributed by atoms with Gasteiger partial charge in [0.1, 0.15) is 0 Å². The quantitative estimate of drug-likeness (QED) is 0.780. The van der Waals surface area contributed by atoms with Crippen LogP contribution < -0.4 is 0 Å². The van der Waals surface area contributed by atoms with Gasteiger partial charge in [-0.1, -0.05) is 19.4 Å². The molecule has 1 aromatic rings. The zero-order valence-electron chi connectivity index (χ0n) is 12.3. The molecule has 21 heavy (non-hydrogen) atoms. The van der Waals surface area contributed by atoms with Crippen molar-refractivity contribution in [3.05, 3.63) is 29.3 Å². The third-order valence-corrected chi connectivity index (χ3v) is 5.47. The summed E-state index contributed by atoms with van der Waals surface area (Å²) >= 11 is 0. The molecule has 1 fully saturated rings. The van der Waals surface area contributed by atoms with Gasteiger partial charge in [0.2, 0.25) is 0 Å². The number of hydrogen-bond donors (Lipinski definition) is 0. The maximum absolute atomic E-state index is 12.4. The van der Waals surface area contributed by atoms with Gasteiger partial charge in [0.25, 0.3) is 15.0 Å². The molecular formula is C15H20ClNO3S. The summed E-state index contributed by atoms with van der Waals surface area (Å²) in [6, 6.07) is 4.73. The normalized spacial score (nSPS) is 15.6. The second-order valence-corrected chi connectivity index (χ2v) is 8.13. The Hall–Kier alpha value is -1.07. The summed E-state index contributed by atoms with van der Waals surface area (Å²) in [5.41, 5.74) is 0.997. The third-order valence-electron chi connectivity index (χ3n) is 4.06. The van der Waals surface area contributed by atoms with Crippen molar-refractivity contribution >= 4 is 25.6 Å². The lowest BCUT2D eigenvalue weighted by Crippen LogP contribution is -2.34. The third kappa shape index (κ3) is 3.77. The summed E-state index contributed by atoms with van der Waals surface area (Å²) in [6.45, 7) is 2.57. The molecule has 1 amide bonds. The first-order chi connectivity index (χ1) is 9.82. The first-order valence-corrected chi connectivity index (χ1v) is 9.47. The van der Waals surface area contributed by atoms with Gasteiger partial charge in [-0.25, -0.2) is 8.42 Å². The predicted molar refractivity (Wildman–Crippen MR) is 83.2 cm³/mol. The number of nitrogens with zero attached hydrogens (tertiary/aromatic N) is 1. The van der Waals surface area contributed by atoms with E-state index in [1.54, 1.807) is 24.1 Å². The Morgan fingerprint density at radius 1 is 1.38 bits per heavy atom. The molecule has 1 aliphatic rings. The fourth-order valence-corrected chi connectivity index (χ4v) is 3.80. The molecule has 1 aliphatic carbocycles. The zero-order valence-corrected chi connectivity index (χ0v) is 13.9. The van der Waals surface area contributed by atoms with Crippen molar-refractivity contribution in [1.82, 2.24) is 4.90 Å². The monoisotopic (exact) mass is 329 g/mol. The standard InChI is InChI=1S/C15H20ClNO3S/c1-3-12-7-8-13(9-14(12)21(16,19)20)15(18)17(2)10-11-5-4-6-11/h7-9,11H,3-6,10H2,1-2H3. The molecule has 1 aromatic carbocycles. The van der Waals surface area contributed by atoms with E-state index in [4.69, 9.17) is 10.7 Å². The molecule has 0 aliphatic heterocycles. The minimum absolute atomic E-state index is 0.0366. The highest BCUT2D eigenvalue weighted by Gasteiger charge is 2.23. The van der Waals surface area contributed by atoms with Gasteiger partial charge in [-0.3, -0.25) is 4.79 Å². The molecule has 0 heterocycles. The molecule has 0 bridgehead atoms. The fourth-order valence-electron chi connectivity index (χ4n) is 2.57. The predicted octanol–water partition coefficient (Wildman–Crippen LogP) is 3.05. The van der Waals surface area contributed by atoms with Gasteiger partial charge >= 0.3 is 0 Å². The molecule has 0 radical (unpaired) electrons. The number of carbonyl (C=O) groups excluding carboxylic acids is 1. The van der Waals surface area contributed by atoms with Crippen LogP contribution >= 0.6 is 10.7 Å². The van der Waals surface area contributed by atoms with Gasteiger partial charge in [0, 0.05) is 29.8 Å². The molecule has 0 spiro atoms. The van der Waals surface area contributed by atoms with Crippen molar-refractivity contribution in [3.63, 3.8) is 0 Å². The maximum atomic E-state index is 12.4. The summed E-state index contributed by atoms with van der Waals surface area (Å²) in [5, 5.41) is 0. The van der Waals surface area contributed by atoms with Crippen LogP contribution in [0.25, 0.3) is 0 Å². The number of halogens is 1. The highest BCUT2D eigenvalue weighted by molar-refractivity contribution is 8.13. The fraction of sp³-hybridized carbons (Fsp3) is 0.533. The molecule has 0 aromatic heterocycles. The number of hydrogen-bond acceptors (Lipinski definition) is 3. The van der Waals surface area contributed by atoms with Crippen LogP contribution in [-0.2, 0) is 15.5 Å². The first-order valence-electron chi connectivity index (χ1n) is 7.16. The summed E-state index contributed by atoms with van der Waals surface area (Å²) in [7, 11) is 3.37. The lowest BCUT2D eigenvalue weighted by molar-refractivity contribution is 0.0745. The van der Waals surface area contributed by atoms with E-state index < -0.39 is 9.05 Å². The smallest absolute Gasteiger partial charge is 0.261 e. The second-order valence-electron chi connectivity index (χ2n) is 5.60. The van der Waals surface area contributed by atoms with Gasteiger partial charge in [0.05, 0.1) is 4.90 Å². The Morgan fingerprint density at radius 3 is 2.52 bits per heavy atom. The Morgan fingerprint density at radius 2 is 2.05 bits per heavy atom. The van der Waals surface area contributed by atoms with E-state index >= 15 is 0 Å². The van der Waals surface area contributed by atoms with Gasteiger partial charge in [-0.05, 0) is 42.9 Å². The van der Waals surface area contributed by atoms with Crippen LogP contribution in [-0.4, -0.2) is 32.8 Å². The second kappa shape index (κ2) is 6.36. The molecule has 6 heteroatoms. The molecule has 0 unspecified atom stereocenters. The van der Waals surface area contributed by atoms with E-state index in [1.165, 1.54) is 12.5 Å². The van der Waals surface area contributed by atoms with Crippen molar-refractivity contribution in [3.8, 4) is 0 Å². The van der Waals surface area contributed by atoms with Crippen molar-refractivity contribution in [2.75, 3.05) is 13.6 Å². The molecule has 2 rings (SSSR count). The van der Waals surface area contributed by atoms with E-state index in [2.05, 4.69) is 0 Å². The largest absolute Gasteiger partial charge is 0.341 e. The first kappa shape index (κ1) is 16.3. The minimum Gasteiger partial charge on any atom is -0.341 e. The van der Waals surface area contributed by atoms with Crippen LogP contribution in [0, 0.1) is 5.92 Å². The molecule has 1 saturated carbocycles. The lowest BCUT2D eigenvalue weighted by Gasteiger charge is -2.30. The van der Waals surface area contributed by atoms with Crippen molar-refractivity contribution in [1.29, 1.82) is 0 Å². The minimum atomic E-state index is -3.84. The molecule has 0 saturated heterocycles. The van der Waals surface area contributed by atoms with Gasteiger partial charge in [0.15, 0.2) is 0 Å². The van der Waals surface area contributed by atoms with E-state index in [0.29, 0.717) is 23.5 Å². The van der Waals surface area contributed by atoms with E-state index in [9.17, 15) is 13.2 Å². The van der Waals surface area contributed by atoms with Crippen LogP contribution in [0.5, 0.6) is 0 Å². The molecule has 4 nitrogen and oxygen atoms in total. The Bertz CT molecular complexity index is 638. The average molecular weight is 330 g/mol. The van der Waals surface area contributed by atoms with Gasteiger partial charge < -0.3 is 4.90 Å². The van der Waals surface area contributed by atoms with E-state index in [0.717, 1.165) is 19.4 Å². The maximum Gasteiger partial charge on any atom is 0.261 e. The van der Waals surface area contributed by atoms with Crippen molar-refractivity contribution in [2.24, 2.45) is 5.92 Å². The average Bonchev–Trinajstić information content (AvgIpc) is 2.40. The lowest BCUT2D eigenvalue weighted by atomic mass is 9.85. The number of aryl methyl sites for hydroxylation is 1.